The minimum Gasteiger partial charge on any atom is -0.388 e. The van der Waals surface area contributed by atoms with Gasteiger partial charge in [-0.1, -0.05) is 0 Å². The van der Waals surface area contributed by atoms with E-state index < -0.39 is 0 Å². The Kier molecular flexibility index (Phi) is 3.69. The molecule has 0 radical (unpaired) electrons. The molecule has 0 amide bonds. The normalized spacial score (nSPS) is 14.9. The molecule has 2 N–H and O–H groups in total. The number of nitrogens with zero attached hydrogens (tertiary/aromatic N) is 1. The van der Waals surface area contributed by atoms with Gasteiger partial charge in [0.2, 0.25) is 0 Å². The molecule has 0 aliphatic carbocycles. The van der Waals surface area contributed by atoms with Crippen LogP contribution in [0.15, 0.2) is 4.99 Å². The van der Waals surface area contributed by atoms with Crippen molar-refractivity contribution in [2.24, 2.45) is 10.7 Å². The van der Waals surface area contributed by atoms with Crippen LogP contribution in [0.25, 0.3) is 0 Å². The van der Waals surface area contributed by atoms with Crippen molar-refractivity contribution in [2.45, 2.75) is 33.2 Å². The predicted octanol–water partition coefficient (Wildman–Crippen LogP) is 0.731. The summed E-state index contributed by atoms with van der Waals surface area (Å²) in [4.78, 5) is 14.5. The Labute approximate surface area is 61.3 Å². The van der Waals surface area contributed by atoms with Gasteiger partial charge in [0.25, 0.3) is 0 Å². The van der Waals surface area contributed by atoms with Crippen LogP contribution < -0.4 is 5.73 Å². The number of ketones is 1. The fraction of sp³-hybridized carbons (Fsp3) is 0.714. The highest BCUT2D eigenvalue weighted by molar-refractivity contribution is 5.79. The van der Waals surface area contributed by atoms with Crippen molar-refractivity contribution in [3.05, 3.63) is 0 Å². The van der Waals surface area contributed by atoms with Crippen molar-refractivity contribution < 1.29 is 4.79 Å². The summed E-state index contributed by atoms with van der Waals surface area (Å²) in [6.07, 6.45) is 0.481. The van der Waals surface area contributed by atoms with E-state index in [-0.39, 0.29) is 11.8 Å². The van der Waals surface area contributed by atoms with Gasteiger partial charge >= 0.3 is 0 Å². The van der Waals surface area contributed by atoms with Crippen molar-refractivity contribution >= 4 is 11.6 Å². The van der Waals surface area contributed by atoms with Gasteiger partial charge in [-0.2, -0.15) is 0 Å². The van der Waals surface area contributed by atoms with Crippen LogP contribution in [-0.4, -0.2) is 17.7 Å². The lowest BCUT2D eigenvalue weighted by Crippen LogP contribution is -2.12. The Hall–Kier alpha value is -0.860. The zero-order valence-electron chi connectivity index (χ0n) is 6.72. The van der Waals surface area contributed by atoms with E-state index in [2.05, 4.69) is 4.99 Å². The number of amidine groups is 1. The van der Waals surface area contributed by atoms with Gasteiger partial charge in [-0.25, -0.2) is 0 Å². The molecule has 0 saturated carbocycles. The summed E-state index contributed by atoms with van der Waals surface area (Å²) in [5.41, 5.74) is 5.31. The van der Waals surface area contributed by atoms with E-state index >= 15 is 0 Å². The molecular weight excluding hydrogens is 128 g/mol. The first kappa shape index (κ1) is 9.14. The number of rotatable bonds is 3. The first-order chi connectivity index (χ1) is 4.52. The number of nitrogens with two attached hydrogens (primary N) is 1. The highest BCUT2D eigenvalue weighted by Gasteiger charge is 2.01. The number of carbonyl (C=O) groups excluding carboxylic acids is 1. The van der Waals surface area contributed by atoms with Crippen LogP contribution >= 0.6 is 0 Å². The minimum atomic E-state index is 0.0301. The summed E-state index contributed by atoms with van der Waals surface area (Å²) in [5.74, 6) is 0.686. The third-order valence-electron chi connectivity index (χ3n) is 1.01. The van der Waals surface area contributed by atoms with Crippen LogP contribution in [-0.2, 0) is 4.79 Å². The lowest BCUT2D eigenvalue weighted by Gasteiger charge is -2.02. The number of aliphatic imine (C=N–C) groups is 1. The molecule has 0 aromatic heterocycles. The highest BCUT2D eigenvalue weighted by atomic mass is 16.1. The van der Waals surface area contributed by atoms with E-state index in [4.69, 9.17) is 5.73 Å². The molecule has 0 bridgehead atoms. The highest BCUT2D eigenvalue weighted by Crippen LogP contribution is 1.96. The molecule has 3 nitrogen and oxygen atoms in total. The number of Topliss-reactive ketones (excluding diaryl/α,β-unsaturated/α-hetero) is 1. The third kappa shape index (κ3) is 5.28. The largest absolute Gasteiger partial charge is 0.388 e. The van der Waals surface area contributed by atoms with E-state index in [1.807, 2.05) is 6.92 Å². The van der Waals surface area contributed by atoms with E-state index in [1.165, 1.54) is 0 Å². The molecule has 0 heterocycles. The topological polar surface area (TPSA) is 55.5 Å². The monoisotopic (exact) mass is 142 g/mol. The third-order valence-corrected chi connectivity index (χ3v) is 1.01. The molecule has 3 heteroatoms. The van der Waals surface area contributed by atoms with Gasteiger partial charge in [0, 0.05) is 6.42 Å². The van der Waals surface area contributed by atoms with Crippen LogP contribution in [0.1, 0.15) is 27.2 Å². The van der Waals surface area contributed by atoms with Crippen molar-refractivity contribution in [2.75, 3.05) is 0 Å². The van der Waals surface area contributed by atoms with Gasteiger partial charge in [-0.3, -0.25) is 9.79 Å². The van der Waals surface area contributed by atoms with Gasteiger partial charge in [0.15, 0.2) is 0 Å². The minimum absolute atomic E-state index is 0.0301. The molecule has 0 aliphatic rings. The maximum absolute atomic E-state index is 10.5. The molecule has 0 saturated heterocycles. The van der Waals surface area contributed by atoms with E-state index in [0.717, 1.165) is 0 Å². The van der Waals surface area contributed by atoms with E-state index in [9.17, 15) is 4.79 Å². The zero-order valence-corrected chi connectivity index (χ0v) is 6.72. The Morgan fingerprint density at radius 3 is 2.40 bits per heavy atom. The van der Waals surface area contributed by atoms with Crippen LogP contribution in [0.5, 0.6) is 0 Å². The zero-order chi connectivity index (χ0) is 8.15. The number of hydrogen-bond donors (Lipinski definition) is 1. The molecule has 1 atom stereocenters. The second-order valence-corrected chi connectivity index (χ2v) is 2.53. The lowest BCUT2D eigenvalue weighted by molar-refractivity contribution is -0.117. The predicted molar refractivity (Wildman–Crippen MR) is 42.1 cm³/mol. The molecule has 0 spiro atoms. The Bertz CT molecular complexity index is 148. The molecule has 0 aliphatic heterocycles. The number of carbonyl (C=O) groups is 1. The summed E-state index contributed by atoms with van der Waals surface area (Å²) in [7, 11) is 0. The molecule has 0 fully saturated rings. The maximum atomic E-state index is 10.5. The average Bonchev–Trinajstić information content (AvgIpc) is 1.58. The second kappa shape index (κ2) is 4.04. The molecule has 0 rings (SSSR count). The van der Waals surface area contributed by atoms with E-state index in [1.54, 1.807) is 13.8 Å². The van der Waals surface area contributed by atoms with Gasteiger partial charge in [0.05, 0.1) is 11.9 Å². The van der Waals surface area contributed by atoms with Gasteiger partial charge in [-0.05, 0) is 20.8 Å². The van der Waals surface area contributed by atoms with Crippen molar-refractivity contribution in [3.8, 4) is 0 Å². The fourth-order valence-corrected chi connectivity index (χ4v) is 0.809. The quantitative estimate of drug-likeness (QED) is 0.466. The summed E-state index contributed by atoms with van der Waals surface area (Å²) in [6, 6.07) is 0.0301. The van der Waals surface area contributed by atoms with Gasteiger partial charge in [-0.15, -0.1) is 0 Å². The second-order valence-electron chi connectivity index (χ2n) is 2.53. The standard InChI is InChI=1S/C7H14N2O/c1-5(4-6(2)10)9-7(3)8/h5H,4H2,1-3H3,(H2,8,9). The first-order valence-electron chi connectivity index (χ1n) is 3.31. The van der Waals surface area contributed by atoms with Gasteiger partial charge in [0.1, 0.15) is 5.78 Å². The van der Waals surface area contributed by atoms with Gasteiger partial charge < -0.3 is 5.73 Å². The van der Waals surface area contributed by atoms with Crippen LogP contribution in [0.3, 0.4) is 0 Å². The Morgan fingerprint density at radius 2 is 2.10 bits per heavy atom. The van der Waals surface area contributed by atoms with Crippen LogP contribution in [0, 0.1) is 0 Å². The van der Waals surface area contributed by atoms with Crippen molar-refractivity contribution in [1.29, 1.82) is 0 Å². The lowest BCUT2D eigenvalue weighted by atomic mass is 10.2. The van der Waals surface area contributed by atoms with E-state index in [0.29, 0.717) is 12.3 Å². The first-order valence-corrected chi connectivity index (χ1v) is 3.31. The summed E-state index contributed by atoms with van der Waals surface area (Å²) in [5, 5.41) is 0. The molecule has 0 aromatic rings. The van der Waals surface area contributed by atoms with Crippen LogP contribution in [0.2, 0.25) is 0 Å². The Balaban J connectivity index is 3.75. The summed E-state index contributed by atoms with van der Waals surface area (Å²) < 4.78 is 0. The van der Waals surface area contributed by atoms with Crippen molar-refractivity contribution in [1.82, 2.24) is 0 Å². The SMILES string of the molecule is CC(=O)CC(C)N=C(C)N. The summed E-state index contributed by atoms with van der Waals surface area (Å²) in [6.45, 7) is 5.15. The molecule has 10 heavy (non-hydrogen) atoms. The smallest absolute Gasteiger partial charge is 0.131 e. The molecule has 1 unspecified atom stereocenters. The molecule has 0 aromatic carbocycles. The maximum Gasteiger partial charge on any atom is 0.131 e. The Morgan fingerprint density at radius 1 is 1.60 bits per heavy atom. The molecule has 58 valence electrons. The summed E-state index contributed by atoms with van der Waals surface area (Å²) >= 11 is 0. The van der Waals surface area contributed by atoms with Crippen molar-refractivity contribution in [3.63, 3.8) is 0 Å². The van der Waals surface area contributed by atoms with Crippen LogP contribution in [0.4, 0.5) is 0 Å². The fourth-order valence-electron chi connectivity index (χ4n) is 0.809. The molecular formula is C7H14N2O. The average molecular weight is 142 g/mol. The number of hydrogen-bond acceptors (Lipinski definition) is 2.